The van der Waals surface area contributed by atoms with Crippen molar-refractivity contribution in [1.82, 2.24) is 14.9 Å². The Morgan fingerprint density at radius 2 is 2.14 bits per heavy atom. The Morgan fingerprint density at radius 1 is 1.38 bits per heavy atom. The lowest BCUT2D eigenvalue weighted by Gasteiger charge is -2.16. The number of anilines is 1. The fraction of sp³-hybridized carbons (Fsp3) is 0.750. The first-order valence-electron chi connectivity index (χ1n) is 8.06. The summed E-state index contributed by atoms with van der Waals surface area (Å²) in [6.07, 6.45) is 3.72. The number of hydrogen-bond donors (Lipinski definition) is 1. The fourth-order valence-corrected chi connectivity index (χ4v) is 2.11. The molecule has 2 rings (SSSR count). The van der Waals surface area contributed by atoms with E-state index in [-0.39, 0.29) is 0 Å². The van der Waals surface area contributed by atoms with E-state index in [2.05, 4.69) is 48.0 Å². The Hall–Kier alpha value is -1.36. The summed E-state index contributed by atoms with van der Waals surface area (Å²) in [5.74, 6) is 2.67. The molecule has 5 nitrogen and oxygen atoms in total. The number of ether oxygens (including phenoxy) is 1. The molecule has 5 heteroatoms. The Bertz CT molecular complexity index is 446. The van der Waals surface area contributed by atoms with Gasteiger partial charge in [0.15, 0.2) is 0 Å². The van der Waals surface area contributed by atoms with Crippen molar-refractivity contribution < 1.29 is 4.74 Å². The number of nitrogens with one attached hydrogen (secondary N) is 1. The Balaban J connectivity index is 1.93. The van der Waals surface area contributed by atoms with Crippen LogP contribution in [0.2, 0.25) is 0 Å². The zero-order valence-electron chi connectivity index (χ0n) is 13.7. The first kappa shape index (κ1) is 16.0. The predicted molar refractivity (Wildman–Crippen MR) is 86.0 cm³/mol. The molecule has 0 spiro atoms. The van der Waals surface area contributed by atoms with E-state index in [1.807, 2.05) is 6.07 Å². The monoisotopic (exact) mass is 292 g/mol. The van der Waals surface area contributed by atoms with Gasteiger partial charge < -0.3 is 15.0 Å². The van der Waals surface area contributed by atoms with E-state index in [0.717, 1.165) is 37.2 Å². The SMILES string of the molecule is CCCNc1cc(OCCN(C)C2CC2)nc(C(C)C)n1. The van der Waals surface area contributed by atoms with Gasteiger partial charge in [-0.25, -0.2) is 4.98 Å². The summed E-state index contributed by atoms with van der Waals surface area (Å²) in [6.45, 7) is 8.88. The smallest absolute Gasteiger partial charge is 0.218 e. The molecule has 1 N–H and O–H groups in total. The minimum absolute atomic E-state index is 0.296. The van der Waals surface area contributed by atoms with Gasteiger partial charge in [0.2, 0.25) is 5.88 Å². The molecule has 1 heterocycles. The van der Waals surface area contributed by atoms with Gasteiger partial charge in [0.1, 0.15) is 18.2 Å². The zero-order valence-corrected chi connectivity index (χ0v) is 13.7. The zero-order chi connectivity index (χ0) is 15.2. The van der Waals surface area contributed by atoms with E-state index in [9.17, 15) is 0 Å². The van der Waals surface area contributed by atoms with Crippen LogP contribution in [0.15, 0.2) is 6.07 Å². The van der Waals surface area contributed by atoms with E-state index in [0.29, 0.717) is 18.4 Å². The predicted octanol–water partition coefficient (Wildman–Crippen LogP) is 2.89. The van der Waals surface area contributed by atoms with Crippen LogP contribution in [0.3, 0.4) is 0 Å². The highest BCUT2D eigenvalue weighted by Gasteiger charge is 2.25. The lowest BCUT2D eigenvalue weighted by atomic mass is 10.2. The molecule has 0 amide bonds. The summed E-state index contributed by atoms with van der Waals surface area (Å²) in [4.78, 5) is 11.4. The van der Waals surface area contributed by atoms with E-state index in [1.54, 1.807) is 0 Å². The summed E-state index contributed by atoms with van der Waals surface area (Å²) in [6, 6.07) is 2.67. The standard InChI is InChI=1S/C16H28N4O/c1-5-8-17-14-11-15(19-16(18-14)12(2)3)21-10-9-20(4)13-6-7-13/h11-13H,5-10H2,1-4H3,(H,17,18,19). The normalized spacial score (nSPS) is 14.8. The van der Waals surface area contributed by atoms with Gasteiger partial charge in [-0.2, -0.15) is 4.98 Å². The molecule has 1 aromatic heterocycles. The first-order chi connectivity index (χ1) is 10.1. The third-order valence-corrected chi connectivity index (χ3v) is 3.66. The number of hydrogen-bond acceptors (Lipinski definition) is 5. The quantitative estimate of drug-likeness (QED) is 0.758. The molecule has 0 radical (unpaired) electrons. The summed E-state index contributed by atoms with van der Waals surface area (Å²) in [7, 11) is 2.16. The molecular weight excluding hydrogens is 264 g/mol. The van der Waals surface area contributed by atoms with E-state index in [4.69, 9.17) is 4.74 Å². The largest absolute Gasteiger partial charge is 0.476 e. The molecule has 1 fully saturated rings. The number of nitrogens with zero attached hydrogens (tertiary/aromatic N) is 3. The third-order valence-electron chi connectivity index (χ3n) is 3.66. The van der Waals surface area contributed by atoms with Crippen molar-refractivity contribution in [3.8, 4) is 5.88 Å². The molecule has 0 unspecified atom stereocenters. The molecule has 21 heavy (non-hydrogen) atoms. The molecule has 0 aliphatic heterocycles. The molecule has 1 aliphatic rings. The number of aromatic nitrogens is 2. The highest BCUT2D eigenvalue weighted by molar-refractivity contribution is 5.38. The average Bonchev–Trinajstić information content (AvgIpc) is 3.29. The second-order valence-corrected chi connectivity index (χ2v) is 6.09. The molecule has 118 valence electrons. The Kier molecular flexibility index (Phi) is 5.79. The van der Waals surface area contributed by atoms with Gasteiger partial charge in [0.25, 0.3) is 0 Å². The van der Waals surface area contributed by atoms with Crippen molar-refractivity contribution in [3.05, 3.63) is 11.9 Å². The molecule has 0 aromatic carbocycles. The van der Waals surface area contributed by atoms with Gasteiger partial charge >= 0.3 is 0 Å². The molecule has 0 bridgehead atoms. The van der Waals surface area contributed by atoms with E-state index < -0.39 is 0 Å². The summed E-state index contributed by atoms with van der Waals surface area (Å²) < 4.78 is 5.83. The van der Waals surface area contributed by atoms with Crippen LogP contribution in [0.4, 0.5) is 5.82 Å². The highest BCUT2D eigenvalue weighted by Crippen LogP contribution is 2.25. The number of rotatable bonds is 9. The highest BCUT2D eigenvalue weighted by atomic mass is 16.5. The second-order valence-electron chi connectivity index (χ2n) is 6.09. The van der Waals surface area contributed by atoms with Gasteiger partial charge in [-0.15, -0.1) is 0 Å². The van der Waals surface area contributed by atoms with Gasteiger partial charge in [0.05, 0.1) is 0 Å². The van der Waals surface area contributed by atoms with Crippen molar-refractivity contribution in [2.45, 2.75) is 52.0 Å². The minimum atomic E-state index is 0.296. The van der Waals surface area contributed by atoms with Crippen molar-refractivity contribution in [3.63, 3.8) is 0 Å². The van der Waals surface area contributed by atoms with Crippen LogP contribution in [0.1, 0.15) is 51.8 Å². The van der Waals surface area contributed by atoms with Crippen molar-refractivity contribution >= 4 is 5.82 Å². The lowest BCUT2D eigenvalue weighted by Crippen LogP contribution is -2.26. The maximum absolute atomic E-state index is 5.83. The third kappa shape index (κ3) is 5.16. The van der Waals surface area contributed by atoms with Crippen molar-refractivity contribution in [1.29, 1.82) is 0 Å². The van der Waals surface area contributed by atoms with Gasteiger partial charge in [0, 0.05) is 31.1 Å². The van der Waals surface area contributed by atoms with E-state index >= 15 is 0 Å². The van der Waals surface area contributed by atoms with Crippen LogP contribution < -0.4 is 10.1 Å². The van der Waals surface area contributed by atoms with Gasteiger partial charge in [-0.05, 0) is 26.3 Å². The summed E-state index contributed by atoms with van der Waals surface area (Å²) in [5, 5.41) is 3.32. The maximum Gasteiger partial charge on any atom is 0.218 e. The van der Waals surface area contributed by atoms with Crippen LogP contribution in [0.25, 0.3) is 0 Å². The van der Waals surface area contributed by atoms with Crippen LogP contribution in [0.5, 0.6) is 5.88 Å². The summed E-state index contributed by atoms with van der Waals surface area (Å²) in [5.41, 5.74) is 0. The van der Waals surface area contributed by atoms with E-state index in [1.165, 1.54) is 12.8 Å². The molecule has 1 aromatic rings. The molecule has 0 saturated heterocycles. The fourth-order valence-electron chi connectivity index (χ4n) is 2.11. The molecule has 1 aliphatic carbocycles. The van der Waals surface area contributed by atoms with Gasteiger partial charge in [-0.3, -0.25) is 0 Å². The second kappa shape index (κ2) is 7.59. The van der Waals surface area contributed by atoms with Crippen molar-refractivity contribution in [2.75, 3.05) is 32.1 Å². The maximum atomic E-state index is 5.83. The Labute approximate surface area is 128 Å². The molecule has 0 atom stereocenters. The van der Waals surface area contributed by atoms with Crippen LogP contribution in [-0.4, -0.2) is 47.7 Å². The van der Waals surface area contributed by atoms with Crippen LogP contribution >= 0.6 is 0 Å². The first-order valence-corrected chi connectivity index (χ1v) is 8.06. The average molecular weight is 292 g/mol. The van der Waals surface area contributed by atoms with Gasteiger partial charge in [-0.1, -0.05) is 20.8 Å². The topological polar surface area (TPSA) is 50.3 Å². The number of likely N-dealkylation sites (N-methyl/N-ethyl adjacent to an activating group) is 1. The van der Waals surface area contributed by atoms with Crippen LogP contribution in [-0.2, 0) is 0 Å². The Morgan fingerprint density at radius 3 is 2.76 bits per heavy atom. The molecule has 1 saturated carbocycles. The summed E-state index contributed by atoms with van der Waals surface area (Å²) >= 11 is 0. The lowest BCUT2D eigenvalue weighted by molar-refractivity contribution is 0.226. The minimum Gasteiger partial charge on any atom is -0.476 e. The molecular formula is C16H28N4O. The van der Waals surface area contributed by atoms with Crippen LogP contribution in [0, 0.1) is 0 Å². The van der Waals surface area contributed by atoms with Crippen molar-refractivity contribution in [2.24, 2.45) is 0 Å².